The minimum Gasteiger partial charge on any atom is -0.346 e. The van der Waals surface area contributed by atoms with Gasteiger partial charge in [0.05, 0.1) is 6.04 Å². The summed E-state index contributed by atoms with van der Waals surface area (Å²) in [6.45, 7) is 10.5. The maximum Gasteiger partial charge on any atom is 0.244 e. The lowest BCUT2D eigenvalue weighted by Gasteiger charge is -2.13. The van der Waals surface area contributed by atoms with Crippen molar-refractivity contribution in [3.05, 3.63) is 70.8 Å². The van der Waals surface area contributed by atoms with E-state index < -0.39 is 0 Å². The van der Waals surface area contributed by atoms with Gasteiger partial charge in [-0.2, -0.15) is 0 Å². The van der Waals surface area contributed by atoms with Crippen molar-refractivity contribution in [1.82, 2.24) is 5.32 Å². The second kappa shape index (κ2) is 11.5. The Balaban J connectivity index is 2.39. The lowest BCUT2D eigenvalue weighted by atomic mass is 10.1. The zero-order chi connectivity index (χ0) is 18.7. The van der Waals surface area contributed by atoms with Crippen LogP contribution in [0.15, 0.2) is 65.3 Å². The van der Waals surface area contributed by atoms with Gasteiger partial charge < -0.3 is 5.32 Å². The van der Waals surface area contributed by atoms with Crippen molar-refractivity contribution in [1.29, 1.82) is 0 Å². The van der Waals surface area contributed by atoms with E-state index in [4.69, 9.17) is 0 Å². The first-order valence-corrected chi connectivity index (χ1v) is 9.20. The molecule has 1 aromatic carbocycles. The van der Waals surface area contributed by atoms with Gasteiger partial charge in [-0.1, -0.05) is 59.2 Å². The van der Waals surface area contributed by atoms with E-state index in [0.29, 0.717) is 0 Å². The molecule has 2 heteroatoms. The Hall–Kier alpha value is -2.09. The Morgan fingerprint density at radius 3 is 2.20 bits per heavy atom. The molecule has 0 heterocycles. The number of benzene rings is 1. The van der Waals surface area contributed by atoms with Crippen molar-refractivity contribution in [2.24, 2.45) is 0 Å². The fourth-order valence-electron chi connectivity index (χ4n) is 2.61. The maximum absolute atomic E-state index is 12.1. The summed E-state index contributed by atoms with van der Waals surface area (Å²) < 4.78 is 0. The third kappa shape index (κ3) is 9.71. The third-order valence-corrected chi connectivity index (χ3v) is 4.16. The largest absolute Gasteiger partial charge is 0.346 e. The van der Waals surface area contributed by atoms with Crippen LogP contribution in [0.3, 0.4) is 0 Å². The van der Waals surface area contributed by atoms with Crippen molar-refractivity contribution >= 4 is 5.91 Å². The van der Waals surface area contributed by atoms with Crippen molar-refractivity contribution in [3.63, 3.8) is 0 Å². The van der Waals surface area contributed by atoms with Crippen molar-refractivity contribution < 1.29 is 4.79 Å². The number of allylic oxidation sites excluding steroid dienone is 5. The molecule has 1 N–H and O–H groups in total. The van der Waals surface area contributed by atoms with E-state index in [-0.39, 0.29) is 11.9 Å². The molecule has 1 atom stereocenters. The topological polar surface area (TPSA) is 29.1 Å². The third-order valence-electron chi connectivity index (χ3n) is 4.16. The highest BCUT2D eigenvalue weighted by molar-refractivity contribution is 5.88. The first kappa shape index (κ1) is 21.0. The molecule has 1 rings (SSSR count). The Morgan fingerprint density at radius 1 is 0.960 bits per heavy atom. The maximum atomic E-state index is 12.1. The van der Waals surface area contributed by atoms with Gasteiger partial charge in [0, 0.05) is 6.08 Å². The van der Waals surface area contributed by atoms with Crippen LogP contribution in [0.2, 0.25) is 0 Å². The van der Waals surface area contributed by atoms with Gasteiger partial charge in [-0.3, -0.25) is 4.79 Å². The Labute approximate surface area is 153 Å². The minimum absolute atomic E-state index is 0.0156. The van der Waals surface area contributed by atoms with Crippen LogP contribution in [0.1, 0.15) is 71.9 Å². The molecule has 0 aliphatic rings. The summed E-state index contributed by atoms with van der Waals surface area (Å²) in [6.07, 6.45) is 10.4. The molecule has 0 aliphatic heterocycles. The van der Waals surface area contributed by atoms with Crippen LogP contribution in [-0.2, 0) is 4.79 Å². The highest BCUT2D eigenvalue weighted by Gasteiger charge is 2.07. The Morgan fingerprint density at radius 2 is 1.56 bits per heavy atom. The molecule has 25 heavy (non-hydrogen) atoms. The average Bonchev–Trinajstić information content (AvgIpc) is 2.55. The van der Waals surface area contributed by atoms with Gasteiger partial charge in [-0.25, -0.2) is 0 Å². The summed E-state index contributed by atoms with van der Waals surface area (Å²) in [7, 11) is 0. The lowest BCUT2D eigenvalue weighted by molar-refractivity contribution is -0.117. The smallest absolute Gasteiger partial charge is 0.244 e. The molecule has 0 spiro atoms. The van der Waals surface area contributed by atoms with E-state index >= 15 is 0 Å². The van der Waals surface area contributed by atoms with Crippen LogP contribution >= 0.6 is 0 Å². The SMILES string of the molecule is CC(C)=CCCC(C)=CCCC(C)=CC(=O)NC(C)c1ccccc1. The van der Waals surface area contributed by atoms with Crippen LogP contribution in [0.5, 0.6) is 0 Å². The summed E-state index contributed by atoms with van der Waals surface area (Å²) in [5, 5.41) is 3.03. The number of carbonyl (C=O) groups is 1. The molecule has 0 aliphatic carbocycles. The molecule has 1 aromatic rings. The number of hydrogen-bond acceptors (Lipinski definition) is 1. The second-order valence-electron chi connectivity index (χ2n) is 7.04. The molecular weight excluding hydrogens is 306 g/mol. The van der Waals surface area contributed by atoms with Gasteiger partial charge in [-0.05, 0) is 65.9 Å². The van der Waals surface area contributed by atoms with Crippen molar-refractivity contribution in [3.8, 4) is 0 Å². The fourth-order valence-corrected chi connectivity index (χ4v) is 2.61. The van der Waals surface area contributed by atoms with Gasteiger partial charge in [0.25, 0.3) is 0 Å². The predicted molar refractivity (Wildman–Crippen MR) is 108 cm³/mol. The molecule has 0 aromatic heterocycles. The Kier molecular flexibility index (Phi) is 9.61. The first-order valence-electron chi connectivity index (χ1n) is 9.20. The molecule has 2 nitrogen and oxygen atoms in total. The summed E-state index contributed by atoms with van der Waals surface area (Å²) in [6, 6.07) is 10.1. The minimum atomic E-state index is -0.0156. The molecule has 0 saturated heterocycles. The number of nitrogens with one attached hydrogen (secondary N) is 1. The quantitative estimate of drug-likeness (QED) is 0.416. The van der Waals surface area contributed by atoms with E-state index in [2.05, 4.69) is 38.2 Å². The molecule has 0 fully saturated rings. The number of carbonyl (C=O) groups excluding carboxylic acids is 1. The molecule has 136 valence electrons. The summed E-state index contributed by atoms with van der Waals surface area (Å²) in [4.78, 5) is 12.1. The monoisotopic (exact) mass is 339 g/mol. The van der Waals surface area contributed by atoms with E-state index in [0.717, 1.165) is 36.8 Å². The van der Waals surface area contributed by atoms with E-state index in [1.165, 1.54) is 11.1 Å². The van der Waals surface area contributed by atoms with Crippen molar-refractivity contribution in [2.45, 2.75) is 66.3 Å². The summed E-state index contributed by atoms with van der Waals surface area (Å²) in [5.41, 5.74) is 5.04. The summed E-state index contributed by atoms with van der Waals surface area (Å²) in [5.74, 6) is -0.0156. The number of amides is 1. The molecular formula is C23H33NO. The number of hydrogen-bond donors (Lipinski definition) is 1. The standard InChI is InChI=1S/C23H33NO/c1-18(2)11-9-12-19(3)13-10-14-20(4)17-23(25)24-21(5)22-15-7-6-8-16-22/h6-8,11,13,15-17,21H,9-10,12,14H2,1-5H3,(H,24,25). The zero-order valence-corrected chi connectivity index (χ0v) is 16.4. The molecule has 0 saturated carbocycles. The lowest BCUT2D eigenvalue weighted by Crippen LogP contribution is -2.24. The van der Waals surface area contributed by atoms with E-state index in [9.17, 15) is 4.79 Å². The first-order chi connectivity index (χ1) is 11.9. The van der Waals surface area contributed by atoms with Crippen LogP contribution < -0.4 is 5.32 Å². The number of rotatable bonds is 9. The molecule has 1 unspecified atom stereocenters. The highest BCUT2D eigenvalue weighted by Crippen LogP contribution is 2.13. The van der Waals surface area contributed by atoms with Crippen LogP contribution in [0.25, 0.3) is 0 Å². The van der Waals surface area contributed by atoms with Crippen LogP contribution in [0.4, 0.5) is 0 Å². The average molecular weight is 340 g/mol. The summed E-state index contributed by atoms with van der Waals surface area (Å²) >= 11 is 0. The molecule has 0 bridgehead atoms. The van der Waals surface area contributed by atoms with Gasteiger partial charge in [-0.15, -0.1) is 0 Å². The van der Waals surface area contributed by atoms with Crippen molar-refractivity contribution in [2.75, 3.05) is 0 Å². The van der Waals surface area contributed by atoms with E-state index in [1.807, 2.05) is 44.2 Å². The fraction of sp³-hybridized carbons (Fsp3) is 0.435. The van der Waals surface area contributed by atoms with Gasteiger partial charge in [0.1, 0.15) is 0 Å². The zero-order valence-electron chi connectivity index (χ0n) is 16.4. The van der Waals surface area contributed by atoms with Gasteiger partial charge in [0.15, 0.2) is 0 Å². The Bertz CT molecular complexity index is 619. The predicted octanol–water partition coefficient (Wildman–Crippen LogP) is 6.28. The van der Waals surface area contributed by atoms with Crippen LogP contribution in [-0.4, -0.2) is 5.91 Å². The molecule has 0 radical (unpaired) electrons. The highest BCUT2D eigenvalue weighted by atomic mass is 16.1. The van der Waals surface area contributed by atoms with Gasteiger partial charge >= 0.3 is 0 Å². The normalized spacial score (nSPS) is 13.3. The van der Waals surface area contributed by atoms with Crippen LogP contribution in [0, 0.1) is 0 Å². The second-order valence-corrected chi connectivity index (χ2v) is 7.04. The van der Waals surface area contributed by atoms with Gasteiger partial charge in [0.2, 0.25) is 5.91 Å². The van der Waals surface area contributed by atoms with E-state index in [1.54, 1.807) is 6.08 Å². The molecule has 1 amide bonds.